The van der Waals surface area contributed by atoms with Crippen molar-refractivity contribution in [2.24, 2.45) is 0 Å². The molecule has 0 radical (unpaired) electrons. The molecule has 0 atom stereocenters. The lowest BCUT2D eigenvalue weighted by Crippen LogP contribution is -2.11. The Balaban J connectivity index is 2.19. The number of thioether (sulfide) groups is 1. The third-order valence-electron chi connectivity index (χ3n) is 3.39. The average Bonchev–Trinajstić information content (AvgIpc) is 2.39. The quantitative estimate of drug-likeness (QED) is 0.629. The minimum atomic E-state index is 0.0941. The summed E-state index contributed by atoms with van der Waals surface area (Å²) in [5, 5.41) is 0. The van der Waals surface area contributed by atoms with Crippen LogP contribution >= 0.6 is 11.8 Å². The van der Waals surface area contributed by atoms with Crippen molar-refractivity contribution in [2.75, 3.05) is 0 Å². The average molecular weight is 270 g/mol. The molecule has 0 aromatic heterocycles. The summed E-state index contributed by atoms with van der Waals surface area (Å²) in [4.78, 5) is 1.32. The summed E-state index contributed by atoms with van der Waals surface area (Å²) in [5.41, 5.74) is 2.79. The van der Waals surface area contributed by atoms with Crippen LogP contribution in [0.15, 0.2) is 59.5 Å². The lowest BCUT2D eigenvalue weighted by molar-refractivity contribution is 0.778. The van der Waals surface area contributed by atoms with Gasteiger partial charge >= 0.3 is 0 Å². The minimum absolute atomic E-state index is 0.0941. The first-order valence-corrected chi connectivity index (χ1v) is 7.65. The van der Waals surface area contributed by atoms with Crippen molar-refractivity contribution < 1.29 is 0 Å². The normalized spacial score (nSPS) is 11.8. The zero-order valence-corrected chi connectivity index (χ0v) is 13.0. The lowest BCUT2D eigenvalue weighted by Gasteiger charge is -2.25. The predicted octanol–water partition coefficient (Wildman–Crippen LogP) is 5.84. The first-order valence-electron chi connectivity index (χ1n) is 6.83. The van der Waals surface area contributed by atoms with Crippen LogP contribution in [0.1, 0.15) is 44.7 Å². The highest BCUT2D eigenvalue weighted by Gasteiger charge is 2.21. The molecule has 19 heavy (non-hydrogen) atoms. The van der Waals surface area contributed by atoms with Gasteiger partial charge in [0.05, 0.1) is 0 Å². The summed E-state index contributed by atoms with van der Waals surface area (Å²) in [7, 11) is 0. The lowest BCUT2D eigenvalue weighted by atomic mass is 9.97. The molecule has 0 saturated carbocycles. The Bertz CT molecular complexity index is 509. The van der Waals surface area contributed by atoms with Gasteiger partial charge in [-0.25, -0.2) is 0 Å². The fourth-order valence-corrected chi connectivity index (χ4v) is 3.25. The Morgan fingerprint density at radius 1 is 0.842 bits per heavy atom. The van der Waals surface area contributed by atoms with Crippen LogP contribution < -0.4 is 0 Å². The van der Waals surface area contributed by atoms with Crippen LogP contribution in [0, 0.1) is 0 Å². The molecular weight excluding hydrogens is 248 g/mol. The van der Waals surface area contributed by atoms with Crippen molar-refractivity contribution in [3.63, 3.8) is 0 Å². The topological polar surface area (TPSA) is 0 Å². The summed E-state index contributed by atoms with van der Waals surface area (Å²) in [5.74, 6) is 0.596. The van der Waals surface area contributed by atoms with Crippen molar-refractivity contribution in [2.45, 2.75) is 43.3 Å². The molecule has 1 heteroatoms. The van der Waals surface area contributed by atoms with E-state index >= 15 is 0 Å². The van der Waals surface area contributed by atoms with Crippen LogP contribution in [0.25, 0.3) is 0 Å². The highest BCUT2D eigenvalue weighted by atomic mass is 32.2. The molecule has 2 aromatic carbocycles. The standard InChI is InChI=1S/C18H22S/c1-14(2)15-10-12-16(13-11-15)18(3,4)19-17-8-6-5-7-9-17/h5-14H,1-4H3. The molecule has 0 unspecified atom stereocenters. The minimum Gasteiger partial charge on any atom is -0.115 e. The van der Waals surface area contributed by atoms with E-state index in [1.54, 1.807) is 0 Å². The smallest absolute Gasteiger partial charge is 0.0399 e. The van der Waals surface area contributed by atoms with Gasteiger partial charge in [0, 0.05) is 9.64 Å². The second-order valence-corrected chi connectivity index (χ2v) is 7.40. The number of hydrogen-bond donors (Lipinski definition) is 0. The van der Waals surface area contributed by atoms with Gasteiger partial charge in [-0.05, 0) is 43.0 Å². The van der Waals surface area contributed by atoms with Crippen LogP contribution in [0.3, 0.4) is 0 Å². The molecule has 0 N–H and O–H groups in total. The second-order valence-electron chi connectivity index (χ2n) is 5.70. The Hall–Kier alpha value is -1.21. The third kappa shape index (κ3) is 3.63. The SMILES string of the molecule is CC(C)c1ccc(C(C)(C)Sc2ccccc2)cc1. The molecule has 2 rings (SSSR count). The third-order valence-corrected chi connectivity index (χ3v) is 4.64. The molecule has 100 valence electrons. The molecule has 2 aromatic rings. The number of hydrogen-bond acceptors (Lipinski definition) is 1. The molecule has 0 nitrogen and oxygen atoms in total. The molecule has 0 aliphatic carbocycles. The van der Waals surface area contributed by atoms with Gasteiger partial charge in [-0.15, -0.1) is 11.8 Å². The van der Waals surface area contributed by atoms with Gasteiger partial charge in [-0.1, -0.05) is 56.3 Å². The van der Waals surface area contributed by atoms with Crippen molar-refractivity contribution in [3.8, 4) is 0 Å². The van der Waals surface area contributed by atoms with Crippen LogP contribution in [-0.2, 0) is 4.75 Å². The maximum atomic E-state index is 2.29. The number of benzene rings is 2. The first kappa shape index (κ1) is 14.2. The zero-order valence-electron chi connectivity index (χ0n) is 12.2. The fraction of sp³-hybridized carbons (Fsp3) is 0.333. The summed E-state index contributed by atoms with van der Waals surface area (Å²) < 4.78 is 0.0941. The molecular formula is C18H22S. The highest BCUT2D eigenvalue weighted by molar-refractivity contribution is 8.00. The highest BCUT2D eigenvalue weighted by Crippen LogP contribution is 2.40. The van der Waals surface area contributed by atoms with Crippen molar-refractivity contribution in [1.29, 1.82) is 0 Å². The summed E-state index contributed by atoms with van der Waals surface area (Å²) >= 11 is 1.91. The van der Waals surface area contributed by atoms with Crippen molar-refractivity contribution >= 4 is 11.8 Å². The van der Waals surface area contributed by atoms with Crippen molar-refractivity contribution in [1.82, 2.24) is 0 Å². The molecule has 0 aliphatic rings. The molecule has 0 heterocycles. The molecule has 0 amide bonds. The monoisotopic (exact) mass is 270 g/mol. The summed E-state index contributed by atoms with van der Waals surface area (Å²) in [6.45, 7) is 9.04. The second kappa shape index (κ2) is 5.83. The van der Waals surface area contributed by atoms with E-state index in [0.717, 1.165) is 0 Å². The van der Waals surface area contributed by atoms with E-state index in [1.807, 2.05) is 11.8 Å². The summed E-state index contributed by atoms with van der Waals surface area (Å²) in [6.07, 6.45) is 0. The molecule has 0 bridgehead atoms. The molecule has 0 saturated heterocycles. The summed E-state index contributed by atoms with van der Waals surface area (Å²) in [6, 6.07) is 19.7. The van der Waals surface area contributed by atoms with E-state index in [4.69, 9.17) is 0 Å². The first-order chi connectivity index (χ1) is 8.99. The number of rotatable bonds is 4. The van der Waals surface area contributed by atoms with E-state index in [0.29, 0.717) is 5.92 Å². The maximum absolute atomic E-state index is 2.29. The van der Waals surface area contributed by atoms with Crippen LogP contribution in [0.2, 0.25) is 0 Å². The Kier molecular flexibility index (Phi) is 4.36. The van der Waals surface area contributed by atoms with E-state index in [2.05, 4.69) is 82.3 Å². The molecule has 0 fully saturated rings. The van der Waals surface area contributed by atoms with Gasteiger partial charge in [0.2, 0.25) is 0 Å². The predicted molar refractivity (Wildman–Crippen MR) is 85.9 cm³/mol. The van der Waals surface area contributed by atoms with Crippen LogP contribution in [0.4, 0.5) is 0 Å². The van der Waals surface area contributed by atoms with Gasteiger partial charge in [0.25, 0.3) is 0 Å². The fourth-order valence-electron chi connectivity index (χ4n) is 2.11. The van der Waals surface area contributed by atoms with Crippen molar-refractivity contribution in [3.05, 3.63) is 65.7 Å². The van der Waals surface area contributed by atoms with Gasteiger partial charge in [0.15, 0.2) is 0 Å². The van der Waals surface area contributed by atoms with E-state index in [9.17, 15) is 0 Å². The van der Waals surface area contributed by atoms with E-state index in [-0.39, 0.29) is 4.75 Å². The van der Waals surface area contributed by atoms with Gasteiger partial charge in [-0.2, -0.15) is 0 Å². The van der Waals surface area contributed by atoms with Crippen LogP contribution in [0.5, 0.6) is 0 Å². The Morgan fingerprint density at radius 2 is 1.42 bits per heavy atom. The van der Waals surface area contributed by atoms with Gasteiger partial charge < -0.3 is 0 Å². The molecule has 0 aliphatic heterocycles. The maximum Gasteiger partial charge on any atom is 0.0399 e. The van der Waals surface area contributed by atoms with Gasteiger partial charge in [-0.3, -0.25) is 0 Å². The Morgan fingerprint density at radius 3 is 1.95 bits per heavy atom. The van der Waals surface area contributed by atoms with E-state index < -0.39 is 0 Å². The van der Waals surface area contributed by atoms with E-state index in [1.165, 1.54) is 16.0 Å². The Labute approximate surface area is 121 Å². The largest absolute Gasteiger partial charge is 0.115 e. The van der Waals surface area contributed by atoms with Crippen LogP contribution in [-0.4, -0.2) is 0 Å². The molecule has 0 spiro atoms. The zero-order chi connectivity index (χ0) is 13.9. The van der Waals surface area contributed by atoms with Gasteiger partial charge in [0.1, 0.15) is 0 Å².